The number of nitrogens with zero attached hydrogens (tertiary/aromatic N) is 5. The Bertz CT molecular complexity index is 1450. The molecule has 2 aliphatic heterocycles. The van der Waals surface area contributed by atoms with Gasteiger partial charge in [0.1, 0.15) is 18.2 Å². The third-order valence-electron chi connectivity index (χ3n) is 6.88. The summed E-state index contributed by atoms with van der Waals surface area (Å²) in [6.45, 7) is 1.87. The summed E-state index contributed by atoms with van der Waals surface area (Å²) >= 11 is 5.90. The molecule has 14 heteroatoms. The van der Waals surface area contributed by atoms with Crippen LogP contribution < -0.4 is 15.0 Å². The molecular formula is C24H23ClF2N6O4S. The number of ether oxygens (including phenoxy) is 2. The second-order valence-electron chi connectivity index (χ2n) is 9.60. The molecule has 6 rings (SSSR count). The Balaban J connectivity index is 1.18. The molecule has 3 aliphatic rings. The molecule has 38 heavy (non-hydrogen) atoms. The van der Waals surface area contributed by atoms with Crippen LogP contribution in [0, 0.1) is 23.5 Å². The second-order valence-corrected chi connectivity index (χ2v) is 12.3. The average Bonchev–Trinajstić information content (AvgIpc) is 3.74. The zero-order valence-corrected chi connectivity index (χ0v) is 21.5. The number of piperidine rings is 1. The van der Waals surface area contributed by atoms with Gasteiger partial charge in [-0.2, -0.15) is 9.37 Å². The van der Waals surface area contributed by atoms with Gasteiger partial charge in [0.05, 0.1) is 46.5 Å². The van der Waals surface area contributed by atoms with E-state index in [1.54, 1.807) is 0 Å². The third-order valence-corrected chi connectivity index (χ3v) is 9.34. The van der Waals surface area contributed by atoms with Crippen LogP contribution in [-0.2, 0) is 14.6 Å². The topological polar surface area (TPSA) is 119 Å². The highest BCUT2D eigenvalue weighted by Crippen LogP contribution is 2.36. The van der Waals surface area contributed by atoms with Crippen LogP contribution in [-0.4, -0.2) is 66.0 Å². The minimum Gasteiger partial charge on any atom is -0.471 e. The van der Waals surface area contributed by atoms with Crippen LogP contribution in [0.15, 0.2) is 41.8 Å². The largest absolute Gasteiger partial charge is 0.471 e. The van der Waals surface area contributed by atoms with Gasteiger partial charge in [-0.25, -0.2) is 27.8 Å². The number of nitrogens with one attached hydrogen (secondary N) is 1. The van der Waals surface area contributed by atoms with E-state index in [-0.39, 0.29) is 40.2 Å². The molecule has 2 unspecified atom stereocenters. The van der Waals surface area contributed by atoms with Gasteiger partial charge >= 0.3 is 0 Å². The maximum absolute atomic E-state index is 15.4. The fourth-order valence-electron chi connectivity index (χ4n) is 4.85. The maximum Gasteiger partial charge on any atom is 0.256 e. The molecule has 10 nitrogen and oxygen atoms in total. The molecular weight excluding hydrogens is 542 g/mol. The zero-order chi connectivity index (χ0) is 26.4. The smallest absolute Gasteiger partial charge is 0.256 e. The van der Waals surface area contributed by atoms with Crippen molar-refractivity contribution in [3.63, 3.8) is 0 Å². The number of fused-ring (bicyclic) bond motifs is 2. The van der Waals surface area contributed by atoms with Crippen molar-refractivity contribution in [1.29, 1.82) is 0 Å². The Labute approximate surface area is 222 Å². The lowest BCUT2D eigenvalue weighted by atomic mass is 9.84. The lowest BCUT2D eigenvalue weighted by Crippen LogP contribution is -2.58. The van der Waals surface area contributed by atoms with Gasteiger partial charge in [-0.1, -0.05) is 11.6 Å². The van der Waals surface area contributed by atoms with Crippen molar-refractivity contribution in [2.75, 3.05) is 36.5 Å². The molecule has 3 fully saturated rings. The molecule has 3 aromatic rings. The molecule has 2 saturated heterocycles. The molecule has 2 bridgehead atoms. The predicted molar refractivity (Wildman–Crippen MR) is 133 cm³/mol. The van der Waals surface area contributed by atoms with Crippen molar-refractivity contribution in [2.45, 2.75) is 29.1 Å². The Hall–Kier alpha value is -3.16. The van der Waals surface area contributed by atoms with Gasteiger partial charge in [0.15, 0.2) is 15.7 Å². The van der Waals surface area contributed by atoms with Crippen LogP contribution in [0.2, 0.25) is 5.02 Å². The normalized spacial score (nSPS) is 23.2. The fraction of sp³-hybridized carbons (Fsp3) is 0.417. The summed E-state index contributed by atoms with van der Waals surface area (Å²) in [7, 11) is -3.56. The number of hydrogen-bond acceptors (Lipinski definition) is 10. The fourth-order valence-corrected chi connectivity index (χ4v) is 6.61. The lowest BCUT2D eigenvalue weighted by molar-refractivity contribution is -0.0780. The van der Waals surface area contributed by atoms with E-state index < -0.39 is 26.7 Å². The number of hydrogen-bond donors (Lipinski definition) is 1. The predicted octanol–water partition coefficient (Wildman–Crippen LogP) is 3.41. The molecule has 1 aliphatic carbocycles. The number of sulfone groups is 1. The van der Waals surface area contributed by atoms with Gasteiger partial charge in [0, 0.05) is 24.9 Å². The summed E-state index contributed by atoms with van der Waals surface area (Å²) in [4.78, 5) is 18.4. The summed E-state index contributed by atoms with van der Waals surface area (Å²) < 4.78 is 66.7. The summed E-state index contributed by atoms with van der Waals surface area (Å²) in [6, 6.07) is 3.49. The van der Waals surface area contributed by atoms with E-state index in [4.69, 9.17) is 21.1 Å². The Morgan fingerprint density at radius 3 is 2.42 bits per heavy atom. The van der Waals surface area contributed by atoms with Gasteiger partial charge < -0.3 is 19.7 Å². The van der Waals surface area contributed by atoms with Crippen molar-refractivity contribution in [3.05, 3.63) is 53.6 Å². The van der Waals surface area contributed by atoms with E-state index in [9.17, 15) is 12.8 Å². The third kappa shape index (κ3) is 4.85. The first-order valence-electron chi connectivity index (χ1n) is 12.1. The maximum atomic E-state index is 15.4. The lowest BCUT2D eigenvalue weighted by Gasteiger charge is -2.46. The van der Waals surface area contributed by atoms with Crippen molar-refractivity contribution in [3.8, 4) is 5.88 Å². The molecule has 0 radical (unpaired) electrons. The molecule has 1 saturated carbocycles. The Kier molecular flexibility index (Phi) is 6.52. The molecule has 1 aromatic carbocycles. The van der Waals surface area contributed by atoms with Gasteiger partial charge in [-0.3, -0.25) is 0 Å². The van der Waals surface area contributed by atoms with E-state index in [2.05, 4.69) is 25.3 Å². The number of halogens is 3. The molecule has 0 amide bonds. The summed E-state index contributed by atoms with van der Waals surface area (Å²) in [5, 5.41) is 2.57. The summed E-state index contributed by atoms with van der Waals surface area (Å²) in [5.74, 6) is -1.95. The number of benzene rings is 1. The van der Waals surface area contributed by atoms with E-state index in [0.29, 0.717) is 50.1 Å². The molecule has 1 N–H and O–H groups in total. The van der Waals surface area contributed by atoms with Crippen LogP contribution in [0.5, 0.6) is 5.88 Å². The van der Waals surface area contributed by atoms with Crippen LogP contribution >= 0.6 is 11.6 Å². The molecule has 200 valence electrons. The second kappa shape index (κ2) is 9.86. The Morgan fingerprint density at radius 1 is 1.05 bits per heavy atom. The minimum atomic E-state index is -3.56. The molecule has 0 spiro atoms. The van der Waals surface area contributed by atoms with E-state index in [1.165, 1.54) is 24.5 Å². The van der Waals surface area contributed by atoms with E-state index >= 15 is 4.39 Å². The average molecular weight is 565 g/mol. The van der Waals surface area contributed by atoms with Gasteiger partial charge in [0.25, 0.3) is 5.88 Å². The first kappa shape index (κ1) is 25.1. The van der Waals surface area contributed by atoms with E-state index in [1.807, 2.05) is 4.90 Å². The summed E-state index contributed by atoms with van der Waals surface area (Å²) in [6.07, 6.45) is 4.94. The van der Waals surface area contributed by atoms with Crippen LogP contribution in [0.3, 0.4) is 0 Å². The van der Waals surface area contributed by atoms with E-state index in [0.717, 1.165) is 12.4 Å². The number of anilines is 3. The molecule has 2 atom stereocenters. The van der Waals surface area contributed by atoms with Crippen molar-refractivity contribution in [2.24, 2.45) is 11.8 Å². The quantitative estimate of drug-likeness (QED) is 0.457. The van der Waals surface area contributed by atoms with Crippen LogP contribution in [0.4, 0.5) is 26.2 Å². The van der Waals surface area contributed by atoms with Crippen LogP contribution in [0.1, 0.15) is 12.8 Å². The van der Waals surface area contributed by atoms with Crippen LogP contribution in [0.25, 0.3) is 0 Å². The SMILES string of the molecule is O=S(=O)(c1ccc(Nc2ncnc(OC3C4COCC3CN(c3ncc(Cl)cn3)C4)c2F)c(F)c1)C1CC1. The van der Waals surface area contributed by atoms with Gasteiger partial charge in [-0.15, -0.1) is 0 Å². The highest BCUT2D eigenvalue weighted by atomic mass is 35.5. The highest BCUT2D eigenvalue weighted by molar-refractivity contribution is 7.92. The Morgan fingerprint density at radius 2 is 1.76 bits per heavy atom. The first-order chi connectivity index (χ1) is 18.3. The van der Waals surface area contributed by atoms with Crippen molar-refractivity contribution >= 4 is 38.9 Å². The highest BCUT2D eigenvalue weighted by Gasteiger charge is 2.43. The number of aromatic nitrogens is 4. The zero-order valence-electron chi connectivity index (χ0n) is 19.9. The van der Waals surface area contributed by atoms with Crippen molar-refractivity contribution in [1.82, 2.24) is 19.9 Å². The molecule has 2 aromatic heterocycles. The standard InChI is InChI=1S/C24H23ClF2N6O4S/c25-15-6-28-24(29-7-15)33-8-13-10-36-11-14(9-33)21(13)37-23-20(27)22(30-12-31-23)32-19-4-3-17(5-18(19)26)38(34,35)16-1-2-16/h3-7,12-14,16,21H,1-2,8-11H2,(H,30,31,32). The van der Waals surface area contributed by atoms with Crippen molar-refractivity contribution < 1.29 is 26.7 Å². The summed E-state index contributed by atoms with van der Waals surface area (Å²) in [5.41, 5.74) is -0.121. The monoisotopic (exact) mass is 564 g/mol. The first-order valence-corrected chi connectivity index (χ1v) is 14.0. The number of rotatable bonds is 7. The molecule has 4 heterocycles. The van der Waals surface area contributed by atoms with Gasteiger partial charge in [0.2, 0.25) is 11.8 Å². The van der Waals surface area contributed by atoms with Gasteiger partial charge in [-0.05, 0) is 31.0 Å². The minimum absolute atomic E-state index is 0.0978.